The van der Waals surface area contributed by atoms with Crippen LogP contribution in [0.25, 0.3) is 11.0 Å². The Kier molecular flexibility index (Phi) is 5.98. The predicted octanol–water partition coefficient (Wildman–Crippen LogP) is 6.21. The fraction of sp³-hybridized carbons (Fsp3) is 0.160. The fourth-order valence-electron chi connectivity index (χ4n) is 3.77. The van der Waals surface area contributed by atoms with E-state index >= 15 is 0 Å². The fourth-order valence-corrected chi connectivity index (χ4v) is 3.89. The van der Waals surface area contributed by atoms with Crippen molar-refractivity contribution in [3.05, 3.63) is 83.0 Å². The van der Waals surface area contributed by atoms with Crippen LogP contribution in [0.5, 0.6) is 11.5 Å². The van der Waals surface area contributed by atoms with Crippen molar-refractivity contribution >= 4 is 40.0 Å². The van der Waals surface area contributed by atoms with Gasteiger partial charge in [-0.15, -0.1) is 0 Å². The van der Waals surface area contributed by atoms with Crippen molar-refractivity contribution < 1.29 is 18.3 Å². The molecule has 1 amide bonds. The molecule has 1 fully saturated rings. The minimum Gasteiger partial charge on any atom is -0.457 e. The van der Waals surface area contributed by atoms with Crippen LogP contribution in [-0.4, -0.2) is 29.0 Å². The molecule has 34 heavy (non-hydrogen) atoms. The van der Waals surface area contributed by atoms with Gasteiger partial charge in [0.05, 0.1) is 27.9 Å². The van der Waals surface area contributed by atoms with E-state index in [1.165, 1.54) is 24.3 Å². The van der Waals surface area contributed by atoms with Crippen LogP contribution in [0.1, 0.15) is 23.2 Å². The average Bonchev–Trinajstić information content (AvgIpc) is 3.37. The number of amides is 1. The molecule has 3 aromatic carbocycles. The van der Waals surface area contributed by atoms with Gasteiger partial charge in [-0.3, -0.25) is 9.78 Å². The maximum Gasteiger partial charge on any atom is 0.255 e. The van der Waals surface area contributed by atoms with Gasteiger partial charge in [-0.05, 0) is 55.3 Å². The van der Waals surface area contributed by atoms with E-state index in [4.69, 9.17) is 21.3 Å². The molecule has 5 rings (SSSR count). The van der Waals surface area contributed by atoms with Crippen LogP contribution in [0, 0.1) is 11.6 Å². The summed E-state index contributed by atoms with van der Waals surface area (Å²) in [6.45, 7) is 1.93. The summed E-state index contributed by atoms with van der Waals surface area (Å²) in [5.74, 6) is -0.536. The normalized spacial score (nSPS) is 13.3. The predicted molar refractivity (Wildman–Crippen MR) is 127 cm³/mol. The number of hydrogen-bond acceptors (Lipinski definition) is 5. The quantitative estimate of drug-likeness (QED) is 0.368. The SMILES string of the molecule is O=C(Nc1ccc(Oc2ccc3ncc(N4CCCC4)nc3c2)cc1F)c1ccc(Cl)c(F)c1. The van der Waals surface area contributed by atoms with Gasteiger partial charge in [0.2, 0.25) is 0 Å². The second-order valence-electron chi connectivity index (χ2n) is 7.90. The van der Waals surface area contributed by atoms with Gasteiger partial charge in [-0.1, -0.05) is 11.6 Å². The number of rotatable bonds is 5. The number of carbonyl (C=O) groups excluding carboxylic acids is 1. The lowest BCUT2D eigenvalue weighted by molar-refractivity contribution is 0.102. The molecular formula is C25H19ClF2N4O2. The van der Waals surface area contributed by atoms with E-state index < -0.39 is 17.5 Å². The molecule has 0 spiro atoms. The number of nitrogens with zero attached hydrogens (tertiary/aromatic N) is 3. The lowest BCUT2D eigenvalue weighted by atomic mass is 10.2. The molecule has 0 unspecified atom stereocenters. The summed E-state index contributed by atoms with van der Waals surface area (Å²) >= 11 is 5.63. The molecule has 0 aliphatic carbocycles. The molecule has 0 atom stereocenters. The lowest BCUT2D eigenvalue weighted by Crippen LogP contribution is -2.19. The number of hydrogen-bond donors (Lipinski definition) is 1. The first-order chi connectivity index (χ1) is 16.5. The maximum atomic E-state index is 14.6. The van der Waals surface area contributed by atoms with Crippen LogP contribution >= 0.6 is 11.6 Å². The summed E-state index contributed by atoms with van der Waals surface area (Å²) in [4.78, 5) is 23.7. The Morgan fingerprint density at radius 3 is 2.47 bits per heavy atom. The molecule has 2 heterocycles. The Morgan fingerprint density at radius 1 is 0.941 bits per heavy atom. The Hall–Kier alpha value is -3.78. The lowest BCUT2D eigenvalue weighted by Gasteiger charge is -2.16. The zero-order valence-electron chi connectivity index (χ0n) is 17.9. The molecule has 1 aromatic heterocycles. The Bertz CT molecular complexity index is 1390. The molecule has 1 N–H and O–H groups in total. The van der Waals surface area contributed by atoms with E-state index in [-0.39, 0.29) is 22.0 Å². The topological polar surface area (TPSA) is 67.3 Å². The Balaban J connectivity index is 1.32. The molecule has 0 saturated carbocycles. The van der Waals surface area contributed by atoms with Crippen LogP contribution in [0.2, 0.25) is 5.02 Å². The second-order valence-corrected chi connectivity index (χ2v) is 8.31. The first-order valence-electron chi connectivity index (χ1n) is 10.7. The number of nitrogens with one attached hydrogen (secondary N) is 1. The van der Waals surface area contributed by atoms with Crippen molar-refractivity contribution in [1.82, 2.24) is 9.97 Å². The van der Waals surface area contributed by atoms with Gasteiger partial charge in [0, 0.05) is 30.8 Å². The first kappa shape index (κ1) is 22.0. The number of ether oxygens (including phenoxy) is 1. The number of fused-ring (bicyclic) bond motifs is 1. The monoisotopic (exact) mass is 480 g/mol. The molecule has 1 saturated heterocycles. The van der Waals surface area contributed by atoms with Crippen LogP contribution in [0.3, 0.4) is 0 Å². The number of aromatic nitrogens is 2. The van der Waals surface area contributed by atoms with E-state index in [0.717, 1.165) is 49.4 Å². The summed E-state index contributed by atoms with van der Waals surface area (Å²) in [5, 5.41) is 2.32. The molecule has 1 aliphatic rings. The van der Waals surface area contributed by atoms with Crippen LogP contribution < -0.4 is 15.0 Å². The van der Waals surface area contributed by atoms with Crippen molar-refractivity contribution in [1.29, 1.82) is 0 Å². The van der Waals surface area contributed by atoms with E-state index in [1.807, 2.05) is 0 Å². The Labute approximate surface area is 199 Å². The van der Waals surface area contributed by atoms with Gasteiger partial charge in [0.25, 0.3) is 5.91 Å². The number of anilines is 2. The van der Waals surface area contributed by atoms with Gasteiger partial charge >= 0.3 is 0 Å². The summed E-state index contributed by atoms with van der Waals surface area (Å²) in [6.07, 6.45) is 4.05. The van der Waals surface area contributed by atoms with Crippen molar-refractivity contribution in [2.24, 2.45) is 0 Å². The number of halogens is 3. The molecule has 4 aromatic rings. The van der Waals surface area contributed by atoms with Gasteiger partial charge in [-0.2, -0.15) is 0 Å². The first-order valence-corrected chi connectivity index (χ1v) is 11.1. The van der Waals surface area contributed by atoms with Crippen LogP contribution in [0.4, 0.5) is 20.3 Å². The third kappa shape index (κ3) is 4.63. The summed E-state index contributed by atoms with van der Waals surface area (Å²) in [5.41, 5.74) is 1.37. The minimum absolute atomic E-state index is 0.0206. The van der Waals surface area contributed by atoms with E-state index in [2.05, 4.69) is 15.2 Å². The van der Waals surface area contributed by atoms with Gasteiger partial charge in [-0.25, -0.2) is 13.8 Å². The van der Waals surface area contributed by atoms with Gasteiger partial charge in [0.1, 0.15) is 29.0 Å². The zero-order chi connectivity index (χ0) is 23.7. The van der Waals surface area contributed by atoms with Gasteiger partial charge in [0.15, 0.2) is 0 Å². The summed E-state index contributed by atoms with van der Waals surface area (Å²) in [7, 11) is 0. The van der Waals surface area contributed by atoms with E-state index in [1.54, 1.807) is 24.4 Å². The number of benzene rings is 3. The maximum absolute atomic E-state index is 14.6. The van der Waals surface area contributed by atoms with Crippen LogP contribution in [0.15, 0.2) is 60.8 Å². The summed E-state index contributed by atoms with van der Waals surface area (Å²) < 4.78 is 34.0. The van der Waals surface area contributed by atoms with Crippen molar-refractivity contribution in [3.8, 4) is 11.5 Å². The van der Waals surface area contributed by atoms with Gasteiger partial charge < -0.3 is 15.0 Å². The minimum atomic E-state index is -0.730. The molecular weight excluding hydrogens is 462 g/mol. The third-order valence-corrected chi connectivity index (χ3v) is 5.84. The smallest absolute Gasteiger partial charge is 0.255 e. The highest BCUT2D eigenvalue weighted by atomic mass is 35.5. The highest BCUT2D eigenvalue weighted by Gasteiger charge is 2.15. The van der Waals surface area contributed by atoms with E-state index in [0.29, 0.717) is 11.3 Å². The largest absolute Gasteiger partial charge is 0.457 e. The Morgan fingerprint density at radius 2 is 1.71 bits per heavy atom. The highest BCUT2D eigenvalue weighted by Crippen LogP contribution is 2.29. The number of carbonyl (C=O) groups is 1. The molecule has 6 nitrogen and oxygen atoms in total. The molecule has 1 aliphatic heterocycles. The molecule has 172 valence electrons. The van der Waals surface area contributed by atoms with E-state index in [9.17, 15) is 13.6 Å². The van der Waals surface area contributed by atoms with Crippen molar-refractivity contribution in [2.75, 3.05) is 23.3 Å². The standard InChI is InChI=1S/C25H19ClF2N4O2/c26-18-6-3-15(11-19(18)27)25(33)31-21-7-4-16(12-20(21)28)34-17-5-8-22-23(13-17)30-24(14-29-22)32-9-1-2-10-32/h3-8,11-14H,1-2,9-10H2,(H,31,33). The van der Waals surface area contributed by atoms with Crippen molar-refractivity contribution in [3.63, 3.8) is 0 Å². The third-order valence-electron chi connectivity index (χ3n) is 5.54. The van der Waals surface area contributed by atoms with Crippen molar-refractivity contribution in [2.45, 2.75) is 12.8 Å². The van der Waals surface area contributed by atoms with Crippen LogP contribution in [-0.2, 0) is 0 Å². The molecule has 0 bridgehead atoms. The average molecular weight is 481 g/mol. The summed E-state index contributed by atoms with van der Waals surface area (Å²) in [6, 6.07) is 13.0. The zero-order valence-corrected chi connectivity index (χ0v) is 18.6. The highest BCUT2D eigenvalue weighted by molar-refractivity contribution is 6.30. The second kappa shape index (κ2) is 9.23. The molecule has 0 radical (unpaired) electrons. The molecule has 9 heteroatoms.